The molecule has 1 amide bonds. The smallest absolute Gasteiger partial charge is 0.392 e. The average Bonchev–Trinajstić information content (AvgIpc) is 2.77. The molecule has 2 atom stereocenters. The van der Waals surface area contributed by atoms with Gasteiger partial charge < -0.3 is 15.7 Å². The Labute approximate surface area is 123 Å². The maximum absolute atomic E-state index is 13.1. The molecule has 118 valence electrons. The van der Waals surface area contributed by atoms with Crippen LogP contribution in [0.4, 0.5) is 23.2 Å². The number of carbonyl (C=O) groups excluding carboxylic acids is 1. The number of anilines is 1. The summed E-state index contributed by atoms with van der Waals surface area (Å²) < 4.78 is 50.6. The maximum Gasteiger partial charge on any atom is 0.419 e. The monoisotopic (exact) mass is 328 g/mol. The summed E-state index contributed by atoms with van der Waals surface area (Å²) >= 11 is 0. The predicted molar refractivity (Wildman–Crippen MR) is 69.7 cm³/mol. The van der Waals surface area contributed by atoms with Gasteiger partial charge in [0, 0.05) is 12.2 Å². The summed E-state index contributed by atoms with van der Waals surface area (Å²) in [5.74, 6) is -1.97. The van der Waals surface area contributed by atoms with E-state index in [9.17, 15) is 27.5 Å². The van der Waals surface area contributed by atoms with Crippen molar-refractivity contribution in [1.82, 2.24) is 5.32 Å². The fraction of sp³-hybridized carbons (Fsp3) is 0.417. The third-order valence-corrected chi connectivity index (χ3v) is 2.96. The first-order valence-corrected chi connectivity index (χ1v) is 5.86. The van der Waals surface area contributed by atoms with E-state index in [1.807, 2.05) is 0 Å². The second kappa shape index (κ2) is 6.59. The molecular formula is C12H13ClF4N2O2. The van der Waals surface area contributed by atoms with E-state index in [0.29, 0.717) is 12.1 Å². The minimum absolute atomic E-state index is 0. The SMILES string of the molecule is Cl.O=C(Nc1ccc(F)c(C(F)(F)F)c1)C1CC(O)CN1. The van der Waals surface area contributed by atoms with Gasteiger partial charge >= 0.3 is 6.18 Å². The van der Waals surface area contributed by atoms with Crippen molar-refractivity contribution in [3.8, 4) is 0 Å². The Morgan fingerprint density at radius 1 is 1.38 bits per heavy atom. The van der Waals surface area contributed by atoms with Gasteiger partial charge in [-0.1, -0.05) is 0 Å². The minimum Gasteiger partial charge on any atom is -0.392 e. The molecule has 0 radical (unpaired) electrons. The van der Waals surface area contributed by atoms with Crippen LogP contribution in [-0.2, 0) is 11.0 Å². The summed E-state index contributed by atoms with van der Waals surface area (Å²) in [6.07, 6.45) is -5.31. The van der Waals surface area contributed by atoms with E-state index in [1.165, 1.54) is 0 Å². The molecule has 1 aromatic carbocycles. The topological polar surface area (TPSA) is 61.4 Å². The molecule has 1 heterocycles. The zero-order valence-electron chi connectivity index (χ0n) is 10.6. The van der Waals surface area contributed by atoms with Gasteiger partial charge in [0.15, 0.2) is 0 Å². The largest absolute Gasteiger partial charge is 0.419 e. The fourth-order valence-corrected chi connectivity index (χ4v) is 1.97. The van der Waals surface area contributed by atoms with Gasteiger partial charge in [0.25, 0.3) is 0 Å². The molecule has 4 nitrogen and oxygen atoms in total. The number of amides is 1. The van der Waals surface area contributed by atoms with Gasteiger partial charge in [-0.25, -0.2) is 4.39 Å². The Kier molecular flexibility index (Phi) is 5.54. The molecule has 3 N–H and O–H groups in total. The number of nitrogens with one attached hydrogen (secondary N) is 2. The van der Waals surface area contributed by atoms with Crippen molar-refractivity contribution in [1.29, 1.82) is 0 Å². The highest BCUT2D eigenvalue weighted by Gasteiger charge is 2.34. The van der Waals surface area contributed by atoms with Crippen LogP contribution >= 0.6 is 12.4 Å². The quantitative estimate of drug-likeness (QED) is 0.727. The van der Waals surface area contributed by atoms with Crippen LogP contribution in [0.15, 0.2) is 18.2 Å². The zero-order valence-corrected chi connectivity index (χ0v) is 11.4. The van der Waals surface area contributed by atoms with Crippen LogP contribution < -0.4 is 10.6 Å². The second-order valence-corrected chi connectivity index (χ2v) is 4.53. The Bertz CT molecular complexity index is 524. The van der Waals surface area contributed by atoms with Gasteiger partial charge in [-0.2, -0.15) is 13.2 Å². The Morgan fingerprint density at radius 3 is 2.57 bits per heavy atom. The number of hydrogen-bond acceptors (Lipinski definition) is 3. The van der Waals surface area contributed by atoms with Crippen LogP contribution in [0.2, 0.25) is 0 Å². The fourth-order valence-electron chi connectivity index (χ4n) is 1.97. The molecule has 0 aliphatic carbocycles. The summed E-state index contributed by atoms with van der Waals surface area (Å²) in [7, 11) is 0. The molecule has 1 aromatic rings. The first-order chi connectivity index (χ1) is 9.27. The van der Waals surface area contributed by atoms with Crippen molar-refractivity contribution in [3.05, 3.63) is 29.6 Å². The van der Waals surface area contributed by atoms with Gasteiger partial charge in [0.05, 0.1) is 17.7 Å². The second-order valence-electron chi connectivity index (χ2n) is 4.53. The number of rotatable bonds is 2. The molecule has 1 fully saturated rings. The Hall–Kier alpha value is -1.38. The third-order valence-electron chi connectivity index (χ3n) is 2.96. The summed E-state index contributed by atoms with van der Waals surface area (Å²) in [5.41, 5.74) is -1.58. The molecule has 0 bridgehead atoms. The first-order valence-electron chi connectivity index (χ1n) is 5.86. The standard InChI is InChI=1S/C12H12F4N2O2.ClH/c13-9-2-1-6(3-8(9)12(14,15)16)18-11(20)10-4-7(19)5-17-10;/h1-3,7,10,17,19H,4-5H2,(H,18,20);1H. The summed E-state index contributed by atoms with van der Waals surface area (Å²) in [5, 5.41) is 14.3. The zero-order chi connectivity index (χ0) is 14.9. The van der Waals surface area contributed by atoms with E-state index in [2.05, 4.69) is 10.6 Å². The van der Waals surface area contributed by atoms with Crippen molar-refractivity contribution < 1.29 is 27.5 Å². The van der Waals surface area contributed by atoms with Gasteiger partial charge in [0.1, 0.15) is 5.82 Å². The lowest BCUT2D eigenvalue weighted by Gasteiger charge is -2.13. The number of β-amino-alcohol motifs (C(OH)–C–C–N with tert-alkyl or cyclic N) is 1. The normalized spacial score (nSPS) is 21.8. The highest BCUT2D eigenvalue weighted by molar-refractivity contribution is 5.95. The van der Waals surface area contributed by atoms with Crippen LogP contribution in [0.25, 0.3) is 0 Å². The Morgan fingerprint density at radius 2 is 2.05 bits per heavy atom. The van der Waals surface area contributed by atoms with Crippen molar-refractivity contribution in [2.75, 3.05) is 11.9 Å². The van der Waals surface area contributed by atoms with Crippen molar-refractivity contribution in [2.24, 2.45) is 0 Å². The van der Waals surface area contributed by atoms with Gasteiger partial charge in [0.2, 0.25) is 5.91 Å². The molecule has 21 heavy (non-hydrogen) atoms. The van der Waals surface area contributed by atoms with E-state index in [4.69, 9.17) is 0 Å². The number of halogens is 5. The molecule has 1 saturated heterocycles. The minimum atomic E-state index is -4.83. The number of benzene rings is 1. The number of hydrogen-bond donors (Lipinski definition) is 3. The molecule has 0 spiro atoms. The number of carbonyl (C=O) groups is 1. The van der Waals surface area contributed by atoms with E-state index in [0.717, 1.165) is 6.07 Å². The molecule has 0 aromatic heterocycles. The summed E-state index contributed by atoms with van der Waals surface area (Å²) in [4.78, 5) is 11.7. The molecule has 2 rings (SSSR count). The molecule has 1 aliphatic rings. The van der Waals surface area contributed by atoms with Crippen molar-refractivity contribution in [2.45, 2.75) is 24.7 Å². The van der Waals surface area contributed by atoms with Crippen LogP contribution in [0.3, 0.4) is 0 Å². The van der Waals surface area contributed by atoms with E-state index in [-0.39, 0.29) is 31.1 Å². The Balaban J connectivity index is 0.00000220. The molecule has 1 aliphatic heterocycles. The lowest BCUT2D eigenvalue weighted by molar-refractivity contribution is -0.140. The molecule has 0 saturated carbocycles. The van der Waals surface area contributed by atoms with E-state index >= 15 is 0 Å². The average molecular weight is 329 g/mol. The molecule has 9 heteroatoms. The van der Waals surface area contributed by atoms with E-state index in [1.54, 1.807) is 0 Å². The van der Waals surface area contributed by atoms with Crippen LogP contribution in [0.1, 0.15) is 12.0 Å². The molecular weight excluding hydrogens is 316 g/mol. The van der Waals surface area contributed by atoms with Gasteiger partial charge in [-0.3, -0.25) is 4.79 Å². The summed E-state index contributed by atoms with van der Waals surface area (Å²) in [6.45, 7) is 0.245. The molecule has 2 unspecified atom stereocenters. The van der Waals surface area contributed by atoms with Crippen molar-refractivity contribution >= 4 is 24.0 Å². The van der Waals surface area contributed by atoms with Crippen LogP contribution in [0, 0.1) is 5.82 Å². The van der Waals surface area contributed by atoms with Crippen molar-refractivity contribution in [3.63, 3.8) is 0 Å². The highest BCUT2D eigenvalue weighted by Crippen LogP contribution is 2.33. The van der Waals surface area contributed by atoms with E-state index < -0.39 is 35.6 Å². The van der Waals surface area contributed by atoms with Gasteiger partial charge in [-0.05, 0) is 24.6 Å². The van der Waals surface area contributed by atoms with Crippen LogP contribution in [-0.4, -0.2) is 29.7 Å². The maximum atomic E-state index is 13.1. The lowest BCUT2D eigenvalue weighted by Crippen LogP contribution is -2.35. The lowest BCUT2D eigenvalue weighted by atomic mass is 10.1. The number of aliphatic hydroxyl groups is 1. The third kappa shape index (κ3) is 4.29. The highest BCUT2D eigenvalue weighted by atomic mass is 35.5. The number of aliphatic hydroxyl groups excluding tert-OH is 1. The first kappa shape index (κ1) is 17.7. The van der Waals surface area contributed by atoms with Gasteiger partial charge in [-0.15, -0.1) is 12.4 Å². The predicted octanol–water partition coefficient (Wildman–Crippen LogP) is 1.93. The van der Waals surface area contributed by atoms with Crippen LogP contribution in [0.5, 0.6) is 0 Å². The number of alkyl halides is 3. The summed E-state index contributed by atoms with van der Waals surface area (Å²) in [6, 6.07) is 1.56.